The molecule has 0 aliphatic heterocycles. The predicted octanol–water partition coefficient (Wildman–Crippen LogP) is 1.43. The van der Waals surface area contributed by atoms with E-state index in [1.54, 1.807) is 0 Å². The second-order valence-corrected chi connectivity index (χ2v) is 5.74. The van der Waals surface area contributed by atoms with Crippen LogP contribution in [-0.4, -0.2) is 32.2 Å². The number of esters is 1. The minimum absolute atomic E-state index is 0.0610. The summed E-state index contributed by atoms with van der Waals surface area (Å²) >= 11 is 5.63. The molecule has 1 aromatic heterocycles. The molecule has 1 aromatic rings. The number of methoxy groups -OCH3 is 1. The third-order valence-corrected chi connectivity index (χ3v) is 3.58. The quantitative estimate of drug-likeness (QED) is 0.802. The monoisotopic (exact) mass is 292 g/mol. The number of halogens is 1. The predicted molar refractivity (Wildman–Crippen MR) is 67.9 cm³/mol. The number of anilines is 1. The molecule has 0 amide bonds. The van der Waals surface area contributed by atoms with E-state index < -0.39 is 16.0 Å². The molecule has 0 radical (unpaired) electrons. The Kier molecular flexibility index (Phi) is 5.36. The molecule has 0 bridgehead atoms. The van der Waals surface area contributed by atoms with Crippen LogP contribution in [0.2, 0.25) is 5.02 Å². The number of hydrogen-bond acceptors (Lipinski definition) is 5. The smallest absolute Gasteiger partial charge is 0.305 e. The molecule has 18 heavy (non-hydrogen) atoms. The number of hydrogen-bond donors (Lipinski definition) is 1. The largest absolute Gasteiger partial charge is 0.469 e. The van der Waals surface area contributed by atoms with Gasteiger partial charge in [0.25, 0.3) is 0 Å². The molecule has 1 rings (SSSR count). The minimum atomic E-state index is -3.51. The Bertz CT molecular complexity index is 501. The minimum Gasteiger partial charge on any atom is -0.469 e. The van der Waals surface area contributed by atoms with Crippen molar-refractivity contribution in [2.45, 2.75) is 12.8 Å². The van der Waals surface area contributed by atoms with Crippen LogP contribution in [0, 0.1) is 0 Å². The van der Waals surface area contributed by atoms with Crippen molar-refractivity contribution in [2.24, 2.45) is 0 Å². The highest BCUT2D eigenvalue weighted by Crippen LogP contribution is 2.11. The maximum Gasteiger partial charge on any atom is 0.305 e. The van der Waals surface area contributed by atoms with Gasteiger partial charge in [-0.15, -0.1) is 0 Å². The molecule has 6 nitrogen and oxygen atoms in total. The lowest BCUT2D eigenvalue weighted by atomic mass is 10.3. The highest BCUT2D eigenvalue weighted by molar-refractivity contribution is 7.92. The summed E-state index contributed by atoms with van der Waals surface area (Å²) in [4.78, 5) is 14.6. The van der Waals surface area contributed by atoms with Crippen LogP contribution < -0.4 is 4.72 Å². The summed E-state index contributed by atoms with van der Waals surface area (Å²) in [6.07, 6.45) is 1.59. The van der Waals surface area contributed by atoms with Crippen LogP contribution in [-0.2, 0) is 19.6 Å². The molecule has 0 aromatic carbocycles. The standard InChI is InChI=1S/C10H13ClN2O4S/c1-17-10(14)3-2-6-18(15,16)13-9-5-4-8(11)7-12-9/h4-5,7H,2-3,6H2,1H3,(H,12,13). The van der Waals surface area contributed by atoms with Gasteiger partial charge in [-0.2, -0.15) is 0 Å². The highest BCUT2D eigenvalue weighted by atomic mass is 35.5. The number of pyridine rings is 1. The number of sulfonamides is 1. The van der Waals surface area contributed by atoms with Gasteiger partial charge in [-0.25, -0.2) is 13.4 Å². The van der Waals surface area contributed by atoms with Crippen LogP contribution in [0.5, 0.6) is 0 Å². The molecule has 0 aliphatic rings. The van der Waals surface area contributed by atoms with Gasteiger partial charge in [-0.3, -0.25) is 9.52 Å². The van der Waals surface area contributed by atoms with Gasteiger partial charge in [0.2, 0.25) is 10.0 Å². The van der Waals surface area contributed by atoms with Gasteiger partial charge in [0.05, 0.1) is 17.9 Å². The molecular formula is C10H13ClN2O4S. The van der Waals surface area contributed by atoms with Crippen LogP contribution in [0.4, 0.5) is 5.82 Å². The highest BCUT2D eigenvalue weighted by Gasteiger charge is 2.12. The first kappa shape index (κ1) is 14.7. The lowest BCUT2D eigenvalue weighted by molar-refractivity contribution is -0.140. The molecule has 0 fully saturated rings. The molecule has 100 valence electrons. The second-order valence-electron chi connectivity index (χ2n) is 3.46. The number of rotatable bonds is 6. The fraction of sp³-hybridized carbons (Fsp3) is 0.400. The number of aromatic nitrogens is 1. The van der Waals surface area contributed by atoms with E-state index in [1.807, 2.05) is 0 Å². The first-order chi connectivity index (χ1) is 8.43. The van der Waals surface area contributed by atoms with Crippen molar-refractivity contribution in [3.05, 3.63) is 23.4 Å². The number of nitrogens with zero attached hydrogens (tertiary/aromatic N) is 1. The Labute approximate surface area is 110 Å². The topological polar surface area (TPSA) is 85.4 Å². The van der Waals surface area contributed by atoms with E-state index in [9.17, 15) is 13.2 Å². The van der Waals surface area contributed by atoms with Gasteiger partial charge < -0.3 is 4.74 Å². The van der Waals surface area contributed by atoms with Crippen molar-refractivity contribution in [3.8, 4) is 0 Å². The summed E-state index contributed by atoms with van der Waals surface area (Å²) in [5.41, 5.74) is 0. The zero-order valence-electron chi connectivity index (χ0n) is 9.72. The molecule has 0 aliphatic carbocycles. The zero-order valence-corrected chi connectivity index (χ0v) is 11.3. The van der Waals surface area contributed by atoms with E-state index in [0.29, 0.717) is 5.02 Å². The van der Waals surface area contributed by atoms with Crippen LogP contribution in [0.15, 0.2) is 18.3 Å². The molecule has 0 unspecified atom stereocenters. The summed E-state index contributed by atoms with van der Waals surface area (Å²) in [6, 6.07) is 2.99. The Morgan fingerprint density at radius 1 is 1.50 bits per heavy atom. The van der Waals surface area contributed by atoms with Crippen molar-refractivity contribution in [3.63, 3.8) is 0 Å². The normalized spacial score (nSPS) is 11.0. The summed E-state index contributed by atoms with van der Waals surface area (Å²) < 4.78 is 29.9. The van der Waals surface area contributed by atoms with E-state index >= 15 is 0 Å². The molecule has 8 heteroatoms. The Morgan fingerprint density at radius 3 is 2.78 bits per heavy atom. The van der Waals surface area contributed by atoms with Crippen molar-refractivity contribution in [2.75, 3.05) is 17.6 Å². The Hall–Kier alpha value is -1.34. The first-order valence-electron chi connectivity index (χ1n) is 5.12. The summed E-state index contributed by atoms with van der Waals surface area (Å²) in [7, 11) is -2.26. The molecule has 0 saturated heterocycles. The lowest BCUT2D eigenvalue weighted by Gasteiger charge is -2.06. The number of nitrogens with one attached hydrogen (secondary N) is 1. The Balaban J connectivity index is 2.49. The summed E-state index contributed by atoms with van der Waals surface area (Å²) in [6.45, 7) is 0. The summed E-state index contributed by atoms with van der Waals surface area (Å²) in [5, 5.41) is 0.420. The van der Waals surface area contributed by atoms with Crippen LogP contribution in [0.3, 0.4) is 0 Å². The van der Waals surface area contributed by atoms with Crippen molar-refractivity contribution >= 4 is 33.4 Å². The number of ether oxygens (including phenoxy) is 1. The van der Waals surface area contributed by atoms with Gasteiger partial charge in [-0.1, -0.05) is 11.6 Å². The van der Waals surface area contributed by atoms with E-state index in [-0.39, 0.29) is 24.4 Å². The van der Waals surface area contributed by atoms with Crippen molar-refractivity contribution in [1.29, 1.82) is 0 Å². The molecule has 1 heterocycles. The summed E-state index contributed by atoms with van der Waals surface area (Å²) in [5.74, 6) is -0.417. The van der Waals surface area contributed by atoms with Gasteiger partial charge in [-0.05, 0) is 18.6 Å². The van der Waals surface area contributed by atoms with Gasteiger partial charge in [0.1, 0.15) is 5.82 Å². The maximum atomic E-state index is 11.6. The zero-order chi connectivity index (χ0) is 13.6. The van der Waals surface area contributed by atoms with Crippen LogP contribution >= 0.6 is 11.6 Å². The maximum absolute atomic E-state index is 11.6. The van der Waals surface area contributed by atoms with Crippen LogP contribution in [0.1, 0.15) is 12.8 Å². The van der Waals surface area contributed by atoms with Gasteiger partial charge in [0.15, 0.2) is 0 Å². The first-order valence-corrected chi connectivity index (χ1v) is 7.15. The molecular weight excluding hydrogens is 280 g/mol. The SMILES string of the molecule is COC(=O)CCCS(=O)(=O)Nc1ccc(Cl)cn1. The second kappa shape index (κ2) is 6.55. The third-order valence-electron chi connectivity index (χ3n) is 2.01. The Morgan fingerprint density at radius 2 is 2.22 bits per heavy atom. The van der Waals surface area contributed by atoms with E-state index in [2.05, 4.69) is 14.4 Å². The van der Waals surface area contributed by atoms with E-state index in [4.69, 9.17) is 11.6 Å². The van der Waals surface area contributed by atoms with Crippen LogP contribution in [0.25, 0.3) is 0 Å². The van der Waals surface area contributed by atoms with Crippen molar-refractivity contribution in [1.82, 2.24) is 4.98 Å². The van der Waals surface area contributed by atoms with E-state index in [1.165, 1.54) is 25.4 Å². The van der Waals surface area contributed by atoms with E-state index in [0.717, 1.165) is 0 Å². The van der Waals surface area contributed by atoms with Gasteiger partial charge >= 0.3 is 5.97 Å². The molecule has 1 N–H and O–H groups in total. The fourth-order valence-electron chi connectivity index (χ4n) is 1.16. The van der Waals surface area contributed by atoms with Crippen molar-refractivity contribution < 1.29 is 17.9 Å². The van der Waals surface area contributed by atoms with Gasteiger partial charge in [0, 0.05) is 12.6 Å². The fourth-order valence-corrected chi connectivity index (χ4v) is 2.33. The average molecular weight is 293 g/mol. The lowest BCUT2D eigenvalue weighted by Crippen LogP contribution is -2.18. The number of carbonyl (C=O) groups excluding carboxylic acids is 1. The third kappa shape index (κ3) is 5.33. The molecule has 0 atom stereocenters. The number of carbonyl (C=O) groups is 1. The molecule has 0 spiro atoms. The average Bonchev–Trinajstić information content (AvgIpc) is 2.31. The molecule has 0 saturated carbocycles.